The molecule has 0 amide bonds. The summed E-state index contributed by atoms with van der Waals surface area (Å²) in [5.74, 6) is 0.441. The number of anilines is 4. The van der Waals surface area contributed by atoms with Crippen molar-refractivity contribution in [1.82, 2.24) is 9.88 Å². The van der Waals surface area contributed by atoms with Crippen LogP contribution in [0.15, 0.2) is 127 Å². The summed E-state index contributed by atoms with van der Waals surface area (Å²) in [6.45, 7) is 20.9. The fourth-order valence-electron chi connectivity index (χ4n) is 9.31. The van der Waals surface area contributed by atoms with Gasteiger partial charge in [-0.2, -0.15) is 36.1 Å². The fourth-order valence-corrected chi connectivity index (χ4v) is 14.3. The molecular formula is C50H51N4PtSi-3. The zero-order valence-corrected chi connectivity index (χ0v) is 37.3. The summed E-state index contributed by atoms with van der Waals surface area (Å²) in [5, 5.41) is 5.28. The van der Waals surface area contributed by atoms with Crippen molar-refractivity contribution in [1.29, 1.82) is 0 Å². The zero-order valence-electron chi connectivity index (χ0n) is 34.0. The average Bonchev–Trinajstić information content (AvgIpc) is 3.73. The third kappa shape index (κ3) is 5.91. The summed E-state index contributed by atoms with van der Waals surface area (Å²) in [4.78, 5) is 11.9. The smallest absolute Gasteiger partial charge is 0.178 e. The molecule has 4 aromatic carbocycles. The number of aromatic nitrogens is 1. The molecule has 5 aromatic rings. The first kappa shape index (κ1) is 38.4. The molecular weight excluding hydrogens is 880 g/mol. The Balaban J connectivity index is 0.00000441. The summed E-state index contributed by atoms with van der Waals surface area (Å²) >= 11 is 0. The molecule has 1 aliphatic carbocycles. The van der Waals surface area contributed by atoms with Gasteiger partial charge in [0.1, 0.15) is 0 Å². The Morgan fingerprint density at radius 3 is 2.30 bits per heavy atom. The van der Waals surface area contributed by atoms with E-state index in [4.69, 9.17) is 4.98 Å². The van der Waals surface area contributed by atoms with Crippen LogP contribution in [0, 0.1) is 30.1 Å². The van der Waals surface area contributed by atoms with Crippen LogP contribution < -0.4 is 25.5 Å². The third-order valence-electron chi connectivity index (χ3n) is 12.5. The summed E-state index contributed by atoms with van der Waals surface area (Å²) in [6.07, 6.45) is 12.4. The van der Waals surface area contributed by atoms with E-state index in [1.54, 1.807) is 0 Å². The van der Waals surface area contributed by atoms with Crippen molar-refractivity contribution in [2.24, 2.45) is 11.3 Å². The second kappa shape index (κ2) is 13.6. The van der Waals surface area contributed by atoms with Gasteiger partial charge in [-0.25, -0.2) is 0 Å². The van der Waals surface area contributed by atoms with Crippen molar-refractivity contribution in [3.8, 4) is 0 Å². The number of fused-ring (bicyclic) bond motifs is 5. The van der Waals surface area contributed by atoms with Crippen LogP contribution in [0.1, 0.15) is 84.1 Å². The molecule has 3 aliphatic heterocycles. The van der Waals surface area contributed by atoms with E-state index in [0.717, 1.165) is 28.8 Å². The van der Waals surface area contributed by atoms with Crippen LogP contribution in [0.5, 0.6) is 0 Å². The number of pyridine rings is 1. The van der Waals surface area contributed by atoms with E-state index in [2.05, 4.69) is 204 Å². The number of hydrogen-bond donors (Lipinski definition) is 0. The molecule has 0 saturated heterocycles. The Kier molecular flexibility index (Phi) is 9.33. The Hall–Kier alpha value is -4.44. The van der Waals surface area contributed by atoms with Crippen molar-refractivity contribution < 1.29 is 21.1 Å². The second-order valence-corrected chi connectivity index (χ2v) is 22.0. The molecule has 2 atom stereocenters. The SMILES string of the molecule is CN1C=CN(c2[c-]c(N3c4[c-]c([Si]5(c6ccccn6)C6=CCC(C(C)(C)C)C=C6c6cc(C(C)(C)C)ccc65)ccc4C(C)(C)c4ccccc43)ccc2)[CH-]1.[Pt]. The molecule has 4 aliphatic rings. The normalized spacial score (nSPS) is 20.7. The maximum Gasteiger partial charge on any atom is 0.178 e. The monoisotopic (exact) mass is 930 g/mol. The zero-order chi connectivity index (χ0) is 38.5. The topological polar surface area (TPSA) is 22.6 Å². The van der Waals surface area contributed by atoms with Gasteiger partial charge in [0, 0.05) is 38.3 Å². The number of allylic oxidation sites excluding steroid dienone is 4. The summed E-state index contributed by atoms with van der Waals surface area (Å²) in [6, 6.07) is 42.1. The summed E-state index contributed by atoms with van der Waals surface area (Å²) in [5.41, 5.74) is 10.9. The van der Waals surface area contributed by atoms with Gasteiger partial charge in [0.15, 0.2) is 8.07 Å². The van der Waals surface area contributed by atoms with Crippen molar-refractivity contribution in [3.63, 3.8) is 0 Å². The second-order valence-electron chi connectivity index (χ2n) is 18.4. The Morgan fingerprint density at radius 1 is 0.821 bits per heavy atom. The average molecular weight is 931 g/mol. The number of rotatable bonds is 4. The minimum absolute atomic E-state index is 0. The maximum absolute atomic E-state index is 5.29. The van der Waals surface area contributed by atoms with E-state index in [1.165, 1.54) is 49.1 Å². The molecule has 9 rings (SSSR count). The van der Waals surface area contributed by atoms with Crippen molar-refractivity contribution in [3.05, 3.63) is 168 Å². The summed E-state index contributed by atoms with van der Waals surface area (Å²) < 4.78 is 0. The molecule has 1 aromatic heterocycles. The predicted octanol–water partition coefficient (Wildman–Crippen LogP) is 9.83. The standard InChI is InChI=1S/C50H51N4Si.Pt/c1-48(2,3)34-20-24-45-39(29-34)40-30-35(49(4,5)6)21-25-46(40)55(45,47-19-12-13-26-51-47)38-22-23-42-44(32-38)54(43-18-11-10-17-41(43)50(42,7)8)37-16-14-15-36(31-37)53-28-27-52(9)33-53;/h10-20,22-30,33,35H,21H2,1-9H3;/q-3;. The van der Waals surface area contributed by atoms with Gasteiger partial charge >= 0.3 is 0 Å². The van der Waals surface area contributed by atoms with E-state index >= 15 is 0 Å². The van der Waals surface area contributed by atoms with E-state index in [0.29, 0.717) is 5.92 Å². The molecule has 0 fully saturated rings. The Bertz CT molecular complexity index is 2430. The first-order valence-corrected chi connectivity index (χ1v) is 21.7. The first-order valence-electron chi connectivity index (χ1n) is 19.7. The maximum atomic E-state index is 5.29. The van der Waals surface area contributed by atoms with Gasteiger partial charge < -0.3 is 14.7 Å². The molecule has 56 heavy (non-hydrogen) atoms. The molecule has 4 heterocycles. The molecule has 2 unspecified atom stereocenters. The number of hydrogen-bond acceptors (Lipinski definition) is 4. The van der Waals surface area contributed by atoms with Crippen LogP contribution in [0.3, 0.4) is 0 Å². The molecule has 6 heteroatoms. The van der Waals surface area contributed by atoms with Crippen LogP contribution in [-0.4, -0.2) is 25.0 Å². The first-order chi connectivity index (χ1) is 26.2. The molecule has 0 N–H and O–H groups in total. The van der Waals surface area contributed by atoms with E-state index < -0.39 is 8.07 Å². The van der Waals surface area contributed by atoms with E-state index in [-0.39, 0.29) is 37.3 Å². The quantitative estimate of drug-likeness (QED) is 0.132. The van der Waals surface area contributed by atoms with Gasteiger partial charge in [0.2, 0.25) is 0 Å². The van der Waals surface area contributed by atoms with Crippen LogP contribution in [0.2, 0.25) is 0 Å². The fraction of sp³-hybridized carbons (Fsp3) is 0.280. The van der Waals surface area contributed by atoms with Crippen LogP contribution in [-0.2, 0) is 31.9 Å². The molecule has 0 radical (unpaired) electrons. The van der Waals surface area contributed by atoms with Gasteiger partial charge in [0.25, 0.3) is 0 Å². The van der Waals surface area contributed by atoms with E-state index in [9.17, 15) is 0 Å². The van der Waals surface area contributed by atoms with Gasteiger partial charge in [-0.3, -0.25) is 4.98 Å². The number of para-hydroxylation sites is 1. The van der Waals surface area contributed by atoms with E-state index in [1.807, 2.05) is 13.2 Å². The van der Waals surface area contributed by atoms with Gasteiger partial charge in [-0.1, -0.05) is 121 Å². The van der Waals surface area contributed by atoms with Gasteiger partial charge in [0.05, 0.1) is 0 Å². The third-order valence-corrected chi connectivity index (χ3v) is 17.2. The predicted molar refractivity (Wildman–Crippen MR) is 232 cm³/mol. The summed E-state index contributed by atoms with van der Waals surface area (Å²) in [7, 11) is -0.895. The molecule has 288 valence electrons. The van der Waals surface area contributed by atoms with Gasteiger partial charge in [-0.05, 0) is 98.9 Å². The van der Waals surface area contributed by atoms with Gasteiger partial charge in [-0.15, -0.1) is 29.4 Å². The molecule has 4 nitrogen and oxygen atoms in total. The van der Waals surface area contributed by atoms with Crippen LogP contribution >= 0.6 is 0 Å². The van der Waals surface area contributed by atoms with Crippen molar-refractivity contribution in [2.45, 2.75) is 72.6 Å². The minimum Gasteiger partial charge on any atom is -0.510 e. The Labute approximate surface area is 349 Å². The minimum atomic E-state index is -2.94. The largest absolute Gasteiger partial charge is 0.510 e. The van der Waals surface area contributed by atoms with Crippen molar-refractivity contribution in [2.75, 3.05) is 16.8 Å². The van der Waals surface area contributed by atoms with Crippen LogP contribution in [0.4, 0.5) is 22.7 Å². The number of benzene rings is 4. The molecule has 0 spiro atoms. The van der Waals surface area contributed by atoms with Crippen LogP contribution in [0.25, 0.3) is 5.57 Å². The Morgan fingerprint density at radius 2 is 1.59 bits per heavy atom. The number of nitrogens with zero attached hydrogens (tertiary/aromatic N) is 4. The van der Waals surface area contributed by atoms with Crippen molar-refractivity contribution >= 4 is 52.1 Å². The molecule has 0 saturated carbocycles. The molecule has 0 bridgehead atoms.